The largest absolute Gasteiger partial charge is 0.351 e. The third-order valence-electron chi connectivity index (χ3n) is 6.68. The summed E-state index contributed by atoms with van der Waals surface area (Å²) >= 11 is 6.66. The van der Waals surface area contributed by atoms with Gasteiger partial charge in [0, 0.05) is 30.9 Å². The molecule has 0 aliphatic carbocycles. The van der Waals surface area contributed by atoms with Crippen molar-refractivity contribution in [2.45, 2.75) is 37.0 Å². The average Bonchev–Trinajstić information content (AvgIpc) is 3.38. The summed E-state index contributed by atoms with van der Waals surface area (Å²) in [6.45, 7) is 2.56. The summed E-state index contributed by atoms with van der Waals surface area (Å²) in [6, 6.07) is 8.08. The highest BCUT2D eigenvalue weighted by Crippen LogP contribution is 2.28. The first-order chi connectivity index (χ1) is 18.4. The van der Waals surface area contributed by atoms with E-state index in [0.29, 0.717) is 59.4 Å². The minimum Gasteiger partial charge on any atom is -0.351 e. The molecule has 1 saturated heterocycles. The standard InChI is InChI=1S/C23H31B4ClN8O2S/c1-2-39(37,38)35-7-5-17(6-8-35)32-22-30-11-15(10-29)20(33-22)16-12-31-36(13-16)19-4-3-14(9-18(19)28)21(24)34-23(25,26)27/h3-4,9,11-13,17,21,34H,2,5-8,24-27H2,1H3,(H,30,32,33). The molecule has 2 aromatic heterocycles. The van der Waals surface area contributed by atoms with E-state index >= 15 is 0 Å². The number of aromatic nitrogens is 4. The molecule has 0 amide bonds. The molecule has 0 saturated carbocycles. The molecule has 16 heteroatoms. The van der Waals surface area contributed by atoms with Crippen LogP contribution in [0.15, 0.2) is 36.8 Å². The number of nitriles is 1. The second-order valence-electron chi connectivity index (χ2n) is 10.8. The quantitative estimate of drug-likeness (QED) is 0.312. The molecule has 1 aliphatic heterocycles. The lowest BCUT2D eigenvalue weighted by atomic mass is 9.49. The third-order valence-corrected chi connectivity index (χ3v) is 8.86. The SMILES string of the molecule is BC(NC(B)(B)B)c1ccc(-n2cc(-c3nc(NC4CCN(S(=O)(=O)CC)CC4)ncc3C#N)cn2)c(Cl)c1. The van der Waals surface area contributed by atoms with E-state index in [-0.39, 0.29) is 23.0 Å². The summed E-state index contributed by atoms with van der Waals surface area (Å²) in [5.41, 5.74) is 3.23. The second-order valence-corrected chi connectivity index (χ2v) is 13.5. The lowest BCUT2D eigenvalue weighted by Crippen LogP contribution is -2.48. The number of piperidine rings is 1. The minimum atomic E-state index is -3.19. The molecule has 10 nitrogen and oxygen atoms in total. The Kier molecular flexibility index (Phi) is 8.81. The molecule has 1 unspecified atom stereocenters. The van der Waals surface area contributed by atoms with Gasteiger partial charge in [-0.15, -0.1) is 0 Å². The van der Waals surface area contributed by atoms with E-state index < -0.39 is 10.0 Å². The van der Waals surface area contributed by atoms with Crippen LogP contribution < -0.4 is 10.6 Å². The fourth-order valence-electron chi connectivity index (χ4n) is 4.68. The van der Waals surface area contributed by atoms with Crippen LogP contribution in [0.2, 0.25) is 5.02 Å². The van der Waals surface area contributed by atoms with Crippen molar-refractivity contribution in [1.82, 2.24) is 29.4 Å². The van der Waals surface area contributed by atoms with Crippen LogP contribution in [0.4, 0.5) is 5.95 Å². The van der Waals surface area contributed by atoms with Crippen LogP contribution in [0.5, 0.6) is 0 Å². The van der Waals surface area contributed by atoms with Gasteiger partial charge in [0.15, 0.2) is 0 Å². The van der Waals surface area contributed by atoms with Crippen molar-refractivity contribution >= 4 is 59.0 Å². The number of nitrogens with zero attached hydrogens (tertiary/aromatic N) is 6. The van der Waals surface area contributed by atoms with Gasteiger partial charge in [-0.3, -0.25) is 0 Å². The van der Waals surface area contributed by atoms with Crippen molar-refractivity contribution in [3.05, 3.63) is 52.9 Å². The number of nitrogens with one attached hydrogen (secondary N) is 2. The smallest absolute Gasteiger partial charge is 0.223 e. The molecule has 0 radical (unpaired) electrons. The van der Waals surface area contributed by atoms with Gasteiger partial charge < -0.3 is 10.6 Å². The molecule has 4 rings (SSSR count). The van der Waals surface area contributed by atoms with E-state index in [1.165, 1.54) is 10.5 Å². The van der Waals surface area contributed by atoms with Crippen molar-refractivity contribution < 1.29 is 8.42 Å². The van der Waals surface area contributed by atoms with Crippen molar-refractivity contribution in [2.24, 2.45) is 0 Å². The zero-order valence-corrected chi connectivity index (χ0v) is 24.5. The van der Waals surface area contributed by atoms with Gasteiger partial charge in [0.05, 0.1) is 40.1 Å². The first-order valence-corrected chi connectivity index (χ1v) is 15.0. The molecule has 3 aromatic rings. The maximum atomic E-state index is 12.1. The Morgan fingerprint density at radius 1 is 1.26 bits per heavy atom. The molecule has 200 valence electrons. The van der Waals surface area contributed by atoms with Crippen molar-refractivity contribution in [1.29, 1.82) is 5.26 Å². The Morgan fingerprint density at radius 3 is 2.59 bits per heavy atom. The van der Waals surface area contributed by atoms with E-state index in [9.17, 15) is 13.7 Å². The van der Waals surface area contributed by atoms with Crippen LogP contribution in [0, 0.1) is 11.3 Å². The number of anilines is 1. The maximum absolute atomic E-state index is 12.1. The van der Waals surface area contributed by atoms with Gasteiger partial charge >= 0.3 is 0 Å². The molecule has 0 spiro atoms. The topological polar surface area (TPSA) is 129 Å². The summed E-state index contributed by atoms with van der Waals surface area (Å²) in [6.07, 6.45) is 6.22. The summed E-state index contributed by atoms with van der Waals surface area (Å²) in [5.74, 6) is 0.610. The summed E-state index contributed by atoms with van der Waals surface area (Å²) in [7, 11) is 5.28. The van der Waals surface area contributed by atoms with Crippen molar-refractivity contribution in [3.63, 3.8) is 0 Å². The highest BCUT2D eigenvalue weighted by Gasteiger charge is 2.27. The monoisotopic (exact) mass is 562 g/mol. The highest BCUT2D eigenvalue weighted by molar-refractivity contribution is 7.89. The molecule has 39 heavy (non-hydrogen) atoms. The predicted octanol–water partition coefficient (Wildman–Crippen LogP) is -1.19. The molecule has 2 N–H and O–H groups in total. The molecular formula is C23H31B4ClN8O2S. The molecule has 1 fully saturated rings. The summed E-state index contributed by atoms with van der Waals surface area (Å²) in [5, 5.41) is 21.5. The molecule has 1 aromatic carbocycles. The zero-order valence-electron chi connectivity index (χ0n) is 22.9. The lowest BCUT2D eigenvalue weighted by Gasteiger charge is -2.31. The maximum Gasteiger partial charge on any atom is 0.223 e. The molecule has 1 atom stereocenters. The second kappa shape index (κ2) is 11.8. The van der Waals surface area contributed by atoms with Gasteiger partial charge in [-0.05, 0) is 43.4 Å². The van der Waals surface area contributed by atoms with Crippen molar-refractivity contribution in [3.8, 4) is 23.0 Å². The van der Waals surface area contributed by atoms with E-state index in [0.717, 1.165) is 5.56 Å². The first kappa shape index (κ1) is 29.2. The van der Waals surface area contributed by atoms with Crippen molar-refractivity contribution in [2.75, 3.05) is 24.2 Å². The Balaban J connectivity index is 1.52. The number of rotatable bonds is 9. The Labute approximate surface area is 238 Å². The number of halogens is 1. The average molecular weight is 562 g/mol. The van der Waals surface area contributed by atoms with Gasteiger partial charge in [0.1, 0.15) is 37.5 Å². The van der Waals surface area contributed by atoms with E-state index in [4.69, 9.17) is 11.6 Å². The number of hydrogen-bond acceptors (Lipinski definition) is 8. The summed E-state index contributed by atoms with van der Waals surface area (Å²) in [4.78, 5) is 8.93. The van der Waals surface area contributed by atoms with E-state index in [2.05, 4.69) is 63.2 Å². The van der Waals surface area contributed by atoms with E-state index in [1.54, 1.807) is 24.0 Å². The Morgan fingerprint density at radius 2 is 1.97 bits per heavy atom. The fourth-order valence-corrected chi connectivity index (χ4v) is 6.09. The van der Waals surface area contributed by atoms with Gasteiger partial charge in [-0.2, -0.15) is 10.4 Å². The minimum absolute atomic E-state index is 0.0296. The first-order valence-electron chi connectivity index (χ1n) is 13.0. The Bertz CT molecular complexity index is 1480. The Hall–Kier alpha value is -2.78. The number of benzene rings is 1. The van der Waals surface area contributed by atoms with Crippen LogP contribution in [0.3, 0.4) is 0 Å². The third kappa shape index (κ3) is 7.06. The van der Waals surface area contributed by atoms with Crippen LogP contribution in [0.1, 0.15) is 36.8 Å². The number of sulfonamides is 1. The van der Waals surface area contributed by atoms with Gasteiger partial charge in [-0.25, -0.2) is 27.4 Å². The van der Waals surface area contributed by atoms with Gasteiger partial charge in [0.25, 0.3) is 0 Å². The van der Waals surface area contributed by atoms with Crippen LogP contribution in [-0.2, 0) is 10.0 Å². The molecule has 0 bridgehead atoms. The van der Waals surface area contributed by atoms with Gasteiger partial charge in [0.2, 0.25) is 16.0 Å². The zero-order chi connectivity index (χ0) is 28.4. The normalized spacial score (nSPS) is 16.0. The van der Waals surface area contributed by atoms with Crippen LogP contribution in [-0.4, -0.2) is 94.0 Å². The lowest BCUT2D eigenvalue weighted by molar-refractivity contribution is 0.329. The molecule has 1 aliphatic rings. The number of hydrogen-bond donors (Lipinski definition) is 2. The predicted molar refractivity (Wildman–Crippen MR) is 165 cm³/mol. The summed E-state index contributed by atoms with van der Waals surface area (Å²) < 4.78 is 27.5. The van der Waals surface area contributed by atoms with Gasteiger partial charge in [-0.1, -0.05) is 22.9 Å². The molecule has 3 heterocycles. The van der Waals surface area contributed by atoms with E-state index in [1.807, 2.05) is 18.2 Å². The van der Waals surface area contributed by atoms with Crippen LogP contribution >= 0.6 is 11.6 Å². The molecular weight excluding hydrogens is 531 g/mol. The van der Waals surface area contributed by atoms with Crippen LogP contribution in [0.25, 0.3) is 16.9 Å². The highest BCUT2D eigenvalue weighted by atomic mass is 35.5. The fraction of sp³-hybridized carbons (Fsp3) is 0.391.